The molecule has 0 heterocycles. The van der Waals surface area contributed by atoms with E-state index in [1.165, 1.54) is 0 Å². The maximum atomic E-state index is 12.7. The van der Waals surface area contributed by atoms with Crippen molar-refractivity contribution < 1.29 is 13.2 Å². The van der Waals surface area contributed by atoms with Crippen molar-refractivity contribution in [1.29, 1.82) is 0 Å². The minimum atomic E-state index is -3.65. The van der Waals surface area contributed by atoms with E-state index in [1.54, 1.807) is 43.5 Å². The van der Waals surface area contributed by atoms with E-state index in [1.807, 2.05) is 43.3 Å². The van der Waals surface area contributed by atoms with Gasteiger partial charge in [0.25, 0.3) is 10.0 Å². The van der Waals surface area contributed by atoms with Gasteiger partial charge in [0, 0.05) is 6.54 Å². The number of hydrogen-bond donors (Lipinski definition) is 2. The number of aryl methyl sites for hydroxylation is 1. The van der Waals surface area contributed by atoms with Crippen LogP contribution in [0.3, 0.4) is 0 Å². The molecular formula is C21H22N2O3S. The number of hydrogen-bond acceptors (Lipinski definition) is 4. The van der Waals surface area contributed by atoms with E-state index in [0.29, 0.717) is 17.9 Å². The third-order valence-electron chi connectivity index (χ3n) is 4.14. The predicted octanol–water partition coefficient (Wildman–Crippen LogP) is 4.42. The third-order valence-corrected chi connectivity index (χ3v) is 5.53. The van der Waals surface area contributed by atoms with Gasteiger partial charge in [-0.05, 0) is 48.9 Å². The summed E-state index contributed by atoms with van der Waals surface area (Å²) in [4.78, 5) is 0.234. The molecule has 0 aliphatic heterocycles. The molecule has 27 heavy (non-hydrogen) atoms. The summed E-state index contributed by atoms with van der Waals surface area (Å²) in [5, 5.41) is 3.28. The van der Waals surface area contributed by atoms with Crippen molar-refractivity contribution in [2.75, 3.05) is 17.1 Å². The highest BCUT2D eigenvalue weighted by atomic mass is 32.2. The Labute approximate surface area is 160 Å². The predicted molar refractivity (Wildman–Crippen MR) is 109 cm³/mol. The normalized spacial score (nSPS) is 11.0. The standard InChI is InChI=1S/C21H22N2O3S/c1-16-7-13-19(14-8-16)27(24,25)23-21-6-4-3-5-20(21)22-15-17-9-11-18(26-2)12-10-17/h3-14,22-23H,15H2,1-2H3. The maximum Gasteiger partial charge on any atom is 0.261 e. The molecule has 0 aliphatic rings. The largest absolute Gasteiger partial charge is 0.497 e. The molecular weight excluding hydrogens is 360 g/mol. The fourth-order valence-electron chi connectivity index (χ4n) is 2.59. The molecule has 0 radical (unpaired) electrons. The van der Waals surface area contributed by atoms with E-state index < -0.39 is 10.0 Å². The van der Waals surface area contributed by atoms with Crippen molar-refractivity contribution in [3.05, 3.63) is 83.9 Å². The van der Waals surface area contributed by atoms with Crippen molar-refractivity contribution in [1.82, 2.24) is 0 Å². The number of anilines is 2. The van der Waals surface area contributed by atoms with Crippen LogP contribution in [0.4, 0.5) is 11.4 Å². The molecule has 3 rings (SSSR count). The quantitative estimate of drug-likeness (QED) is 0.635. The molecule has 0 aromatic heterocycles. The van der Waals surface area contributed by atoms with E-state index in [4.69, 9.17) is 4.74 Å². The summed E-state index contributed by atoms with van der Waals surface area (Å²) in [6.07, 6.45) is 0. The lowest BCUT2D eigenvalue weighted by Gasteiger charge is -2.14. The third kappa shape index (κ3) is 4.80. The first-order valence-electron chi connectivity index (χ1n) is 8.53. The molecule has 0 fully saturated rings. The lowest BCUT2D eigenvalue weighted by atomic mass is 10.2. The fourth-order valence-corrected chi connectivity index (χ4v) is 3.67. The fraction of sp³-hybridized carbons (Fsp3) is 0.143. The highest BCUT2D eigenvalue weighted by molar-refractivity contribution is 7.92. The van der Waals surface area contributed by atoms with Gasteiger partial charge >= 0.3 is 0 Å². The summed E-state index contributed by atoms with van der Waals surface area (Å²) in [7, 11) is -2.02. The minimum absolute atomic E-state index is 0.234. The van der Waals surface area contributed by atoms with E-state index in [0.717, 1.165) is 16.9 Å². The average molecular weight is 382 g/mol. The van der Waals surface area contributed by atoms with Gasteiger partial charge in [-0.15, -0.1) is 0 Å². The second-order valence-corrected chi connectivity index (χ2v) is 7.85. The molecule has 3 aromatic carbocycles. The van der Waals surface area contributed by atoms with E-state index >= 15 is 0 Å². The van der Waals surface area contributed by atoms with Crippen molar-refractivity contribution >= 4 is 21.4 Å². The van der Waals surface area contributed by atoms with Crippen LogP contribution in [-0.4, -0.2) is 15.5 Å². The van der Waals surface area contributed by atoms with Crippen LogP contribution < -0.4 is 14.8 Å². The van der Waals surface area contributed by atoms with E-state index in [9.17, 15) is 8.42 Å². The van der Waals surface area contributed by atoms with Gasteiger partial charge in [0.15, 0.2) is 0 Å². The van der Waals surface area contributed by atoms with Crippen LogP contribution in [0.15, 0.2) is 77.7 Å². The Hall–Kier alpha value is -2.99. The topological polar surface area (TPSA) is 67.4 Å². The molecule has 0 aliphatic carbocycles. The Morgan fingerprint density at radius 3 is 2.11 bits per heavy atom. The highest BCUT2D eigenvalue weighted by Crippen LogP contribution is 2.25. The molecule has 0 spiro atoms. The number of nitrogens with one attached hydrogen (secondary N) is 2. The second kappa shape index (κ2) is 8.14. The van der Waals surface area contributed by atoms with Crippen LogP contribution >= 0.6 is 0 Å². The Balaban J connectivity index is 1.76. The van der Waals surface area contributed by atoms with Gasteiger partial charge in [0.05, 0.1) is 23.4 Å². The smallest absolute Gasteiger partial charge is 0.261 e. The zero-order valence-corrected chi connectivity index (χ0v) is 16.1. The average Bonchev–Trinajstić information content (AvgIpc) is 2.68. The van der Waals surface area contributed by atoms with Crippen LogP contribution in [0.25, 0.3) is 0 Å². The minimum Gasteiger partial charge on any atom is -0.497 e. The molecule has 2 N–H and O–H groups in total. The zero-order valence-electron chi connectivity index (χ0n) is 15.3. The van der Waals surface area contributed by atoms with Crippen molar-refractivity contribution in [2.24, 2.45) is 0 Å². The number of benzene rings is 3. The molecule has 140 valence electrons. The first kappa shape index (κ1) is 18.8. The Bertz CT molecular complexity index is 998. The molecule has 0 unspecified atom stereocenters. The first-order chi connectivity index (χ1) is 13.0. The van der Waals surface area contributed by atoms with Crippen molar-refractivity contribution in [2.45, 2.75) is 18.4 Å². The molecule has 0 bridgehead atoms. The van der Waals surface area contributed by atoms with Crippen molar-refractivity contribution in [3.8, 4) is 5.75 Å². The van der Waals surface area contributed by atoms with Gasteiger partial charge in [-0.3, -0.25) is 4.72 Å². The van der Waals surface area contributed by atoms with Gasteiger partial charge in [-0.1, -0.05) is 42.0 Å². The summed E-state index contributed by atoms with van der Waals surface area (Å²) in [6, 6.07) is 21.7. The molecule has 0 amide bonds. The Morgan fingerprint density at radius 1 is 0.852 bits per heavy atom. The van der Waals surface area contributed by atoms with E-state index in [-0.39, 0.29) is 4.90 Å². The van der Waals surface area contributed by atoms with Crippen LogP contribution in [0.5, 0.6) is 5.75 Å². The summed E-state index contributed by atoms with van der Waals surface area (Å²) in [6.45, 7) is 2.48. The summed E-state index contributed by atoms with van der Waals surface area (Å²) >= 11 is 0. The molecule has 5 nitrogen and oxygen atoms in total. The van der Waals surface area contributed by atoms with Crippen molar-refractivity contribution in [3.63, 3.8) is 0 Å². The monoisotopic (exact) mass is 382 g/mol. The van der Waals surface area contributed by atoms with Gasteiger partial charge in [0.1, 0.15) is 5.75 Å². The lowest BCUT2D eigenvalue weighted by Crippen LogP contribution is -2.14. The van der Waals surface area contributed by atoms with Gasteiger partial charge in [-0.2, -0.15) is 0 Å². The van der Waals surface area contributed by atoms with Crippen LogP contribution in [-0.2, 0) is 16.6 Å². The number of methoxy groups -OCH3 is 1. The van der Waals surface area contributed by atoms with Gasteiger partial charge < -0.3 is 10.1 Å². The first-order valence-corrected chi connectivity index (χ1v) is 10.0. The van der Waals surface area contributed by atoms with Crippen LogP contribution in [0.1, 0.15) is 11.1 Å². The zero-order chi connectivity index (χ0) is 19.3. The SMILES string of the molecule is COc1ccc(CNc2ccccc2NS(=O)(=O)c2ccc(C)cc2)cc1. The molecule has 3 aromatic rings. The highest BCUT2D eigenvalue weighted by Gasteiger charge is 2.15. The molecule has 0 saturated carbocycles. The Kier molecular flexibility index (Phi) is 5.66. The summed E-state index contributed by atoms with van der Waals surface area (Å²) < 4.78 is 33.1. The number of sulfonamides is 1. The number of rotatable bonds is 7. The summed E-state index contributed by atoms with van der Waals surface area (Å²) in [5.74, 6) is 0.796. The van der Waals surface area contributed by atoms with Crippen LogP contribution in [0, 0.1) is 6.92 Å². The van der Waals surface area contributed by atoms with Gasteiger partial charge in [-0.25, -0.2) is 8.42 Å². The number of ether oxygens (including phenoxy) is 1. The molecule has 0 saturated heterocycles. The van der Waals surface area contributed by atoms with Gasteiger partial charge in [0.2, 0.25) is 0 Å². The van der Waals surface area contributed by atoms with Crippen LogP contribution in [0.2, 0.25) is 0 Å². The lowest BCUT2D eigenvalue weighted by molar-refractivity contribution is 0.414. The summed E-state index contributed by atoms with van der Waals surface area (Å²) in [5.41, 5.74) is 3.29. The Morgan fingerprint density at radius 2 is 1.48 bits per heavy atom. The molecule has 6 heteroatoms. The maximum absolute atomic E-state index is 12.7. The second-order valence-electron chi connectivity index (χ2n) is 6.17. The van der Waals surface area contributed by atoms with E-state index in [2.05, 4.69) is 10.0 Å². The molecule has 0 atom stereocenters. The number of para-hydroxylation sites is 2.